The molecule has 4 nitrogen and oxygen atoms in total. The Balaban J connectivity index is 0. The van der Waals surface area contributed by atoms with Gasteiger partial charge in [-0.25, -0.2) is 0 Å². The average Bonchev–Trinajstić information content (AvgIpc) is 1.63. The van der Waals surface area contributed by atoms with Crippen molar-refractivity contribution < 1.29 is 14.7 Å². The number of carboxylic acids is 1. The van der Waals surface area contributed by atoms with E-state index in [4.69, 9.17) is 10.8 Å². The summed E-state index contributed by atoms with van der Waals surface area (Å²) in [4.78, 5) is 20.1. The minimum atomic E-state index is -0.992. The van der Waals surface area contributed by atoms with Crippen molar-refractivity contribution in [3.05, 3.63) is 0 Å². The highest BCUT2D eigenvalue weighted by Gasteiger charge is 2.12. The number of carboxylic acid groups (broad SMARTS) is 1. The number of hydrogen-bond acceptors (Lipinski definition) is 2. The average molecular weight is 147 g/mol. The zero-order chi connectivity index (χ0) is 7.44. The Morgan fingerprint density at radius 2 is 2.00 bits per heavy atom. The van der Waals surface area contributed by atoms with Gasteiger partial charge in [0.2, 0.25) is 5.91 Å². The highest BCUT2D eigenvalue weighted by Crippen LogP contribution is 1.98. The molecule has 4 heteroatoms. The van der Waals surface area contributed by atoms with Gasteiger partial charge in [0, 0.05) is 6.42 Å². The highest BCUT2D eigenvalue weighted by molar-refractivity contribution is 5.80. The van der Waals surface area contributed by atoms with Gasteiger partial charge in [-0.2, -0.15) is 0 Å². The Morgan fingerprint density at radius 3 is 2.10 bits per heavy atom. The molecule has 1 amide bonds. The summed E-state index contributed by atoms with van der Waals surface area (Å²) in [6, 6.07) is 0. The van der Waals surface area contributed by atoms with Crippen LogP contribution in [-0.4, -0.2) is 17.0 Å². The molecule has 0 fully saturated rings. The third-order valence-corrected chi connectivity index (χ3v) is 0.929. The van der Waals surface area contributed by atoms with Crippen LogP contribution < -0.4 is 5.73 Å². The molecule has 60 valence electrons. The van der Waals surface area contributed by atoms with Gasteiger partial charge in [0.25, 0.3) is 0 Å². The largest absolute Gasteiger partial charge is 0.481 e. The molecule has 0 radical (unpaired) electrons. The van der Waals surface area contributed by atoms with E-state index in [-0.39, 0.29) is 13.8 Å². The predicted molar refractivity (Wildman–Crippen MR) is 37.3 cm³/mol. The monoisotopic (exact) mass is 147 g/mol. The summed E-state index contributed by atoms with van der Waals surface area (Å²) in [6.45, 7) is 1.44. The fraction of sp³-hybridized carbons (Fsp3) is 0.667. The first-order chi connectivity index (χ1) is 4.04. The van der Waals surface area contributed by atoms with Crippen LogP contribution in [0.3, 0.4) is 0 Å². The Hall–Kier alpha value is -1.06. The molecule has 0 saturated carbocycles. The maximum atomic E-state index is 10.1. The van der Waals surface area contributed by atoms with E-state index in [0.29, 0.717) is 0 Å². The number of hydrogen-bond donors (Lipinski definition) is 2. The molecule has 0 spiro atoms. The molecule has 0 aliphatic carbocycles. The van der Waals surface area contributed by atoms with Crippen LogP contribution in [0.1, 0.15) is 20.8 Å². The predicted octanol–water partition coefficient (Wildman–Crippen LogP) is 0.219. The van der Waals surface area contributed by atoms with Crippen molar-refractivity contribution >= 4 is 11.9 Å². The second kappa shape index (κ2) is 4.78. The molecule has 0 aliphatic rings. The number of carbonyl (C=O) groups is 2. The first-order valence-electron chi connectivity index (χ1n) is 2.55. The normalized spacial score (nSPS) is 11.3. The minimum Gasteiger partial charge on any atom is -0.481 e. The van der Waals surface area contributed by atoms with E-state index in [1.807, 2.05) is 0 Å². The van der Waals surface area contributed by atoms with Crippen LogP contribution in [0, 0.1) is 5.92 Å². The van der Waals surface area contributed by atoms with Crippen LogP contribution in [0.15, 0.2) is 0 Å². The van der Waals surface area contributed by atoms with E-state index in [1.165, 1.54) is 6.92 Å². The van der Waals surface area contributed by atoms with Gasteiger partial charge in [0.15, 0.2) is 0 Å². The quantitative estimate of drug-likeness (QED) is 0.599. The lowest BCUT2D eigenvalue weighted by Gasteiger charge is -1.99. The SMILES string of the molecule is C.CC(CC(N)=O)C(=O)O. The summed E-state index contributed by atoms with van der Waals surface area (Å²) in [5.41, 5.74) is 4.73. The van der Waals surface area contributed by atoms with E-state index in [9.17, 15) is 9.59 Å². The van der Waals surface area contributed by atoms with Crippen LogP contribution in [0.4, 0.5) is 0 Å². The first-order valence-corrected chi connectivity index (χ1v) is 2.55. The van der Waals surface area contributed by atoms with Gasteiger partial charge in [-0.15, -0.1) is 0 Å². The van der Waals surface area contributed by atoms with Crippen LogP contribution >= 0.6 is 0 Å². The number of primary amides is 1. The molecule has 10 heavy (non-hydrogen) atoms. The minimum absolute atomic E-state index is 0. The number of nitrogens with two attached hydrogens (primary N) is 1. The number of rotatable bonds is 3. The molecule has 0 aromatic rings. The van der Waals surface area contributed by atoms with Gasteiger partial charge in [0.1, 0.15) is 0 Å². The third kappa shape index (κ3) is 5.08. The molecule has 3 N–H and O–H groups in total. The van der Waals surface area contributed by atoms with Crippen molar-refractivity contribution in [1.82, 2.24) is 0 Å². The van der Waals surface area contributed by atoms with Crippen LogP contribution in [0.25, 0.3) is 0 Å². The van der Waals surface area contributed by atoms with Gasteiger partial charge >= 0.3 is 5.97 Å². The van der Waals surface area contributed by atoms with E-state index >= 15 is 0 Å². The lowest BCUT2D eigenvalue weighted by atomic mass is 10.1. The summed E-state index contributed by atoms with van der Waals surface area (Å²) >= 11 is 0. The fourth-order valence-corrected chi connectivity index (χ4v) is 0.389. The zero-order valence-electron chi connectivity index (χ0n) is 5.13. The van der Waals surface area contributed by atoms with E-state index in [1.54, 1.807) is 0 Å². The highest BCUT2D eigenvalue weighted by atomic mass is 16.4. The topological polar surface area (TPSA) is 80.4 Å². The molecule has 0 aromatic carbocycles. The van der Waals surface area contributed by atoms with Gasteiger partial charge < -0.3 is 10.8 Å². The molecule has 0 aromatic heterocycles. The van der Waals surface area contributed by atoms with Gasteiger partial charge in [0.05, 0.1) is 5.92 Å². The Morgan fingerprint density at radius 1 is 1.60 bits per heavy atom. The molecular weight excluding hydrogens is 134 g/mol. The first kappa shape index (κ1) is 11.7. The summed E-state index contributed by atoms with van der Waals surface area (Å²) in [5, 5.41) is 8.22. The lowest BCUT2D eigenvalue weighted by molar-refractivity contribution is -0.143. The molecule has 1 atom stereocenters. The maximum Gasteiger partial charge on any atom is 0.306 e. The summed E-state index contributed by atoms with van der Waals surface area (Å²) in [7, 11) is 0. The van der Waals surface area contributed by atoms with Crippen molar-refractivity contribution in [3.8, 4) is 0 Å². The van der Waals surface area contributed by atoms with Crippen molar-refractivity contribution in [2.24, 2.45) is 11.7 Å². The standard InChI is InChI=1S/C5H9NO3.CH4/c1-3(5(8)9)2-4(6)7;/h3H,2H2,1H3,(H2,6,7)(H,8,9);1H4. The van der Waals surface area contributed by atoms with E-state index < -0.39 is 17.8 Å². The fourth-order valence-electron chi connectivity index (χ4n) is 0.389. The maximum absolute atomic E-state index is 10.1. The Bertz CT molecular complexity index is 133. The number of amides is 1. The van der Waals surface area contributed by atoms with Gasteiger partial charge in [-0.3, -0.25) is 9.59 Å². The molecule has 0 aliphatic heterocycles. The van der Waals surface area contributed by atoms with Crippen molar-refractivity contribution in [1.29, 1.82) is 0 Å². The summed E-state index contributed by atoms with van der Waals surface area (Å²) in [6.07, 6.45) is -0.0880. The molecular formula is C6H13NO3. The van der Waals surface area contributed by atoms with Crippen LogP contribution in [0.2, 0.25) is 0 Å². The van der Waals surface area contributed by atoms with Crippen LogP contribution in [-0.2, 0) is 9.59 Å². The second-order valence-corrected chi connectivity index (χ2v) is 1.91. The number of carbonyl (C=O) groups excluding carboxylic acids is 1. The Kier molecular flexibility index (Phi) is 5.60. The van der Waals surface area contributed by atoms with Crippen molar-refractivity contribution in [2.75, 3.05) is 0 Å². The molecule has 0 heterocycles. The summed E-state index contributed by atoms with van der Waals surface area (Å²) in [5.74, 6) is -2.23. The molecule has 0 bridgehead atoms. The van der Waals surface area contributed by atoms with Crippen LogP contribution in [0.5, 0.6) is 0 Å². The van der Waals surface area contributed by atoms with E-state index in [0.717, 1.165) is 0 Å². The van der Waals surface area contributed by atoms with Gasteiger partial charge in [-0.05, 0) is 0 Å². The lowest BCUT2D eigenvalue weighted by Crippen LogP contribution is -2.19. The molecule has 0 rings (SSSR count). The summed E-state index contributed by atoms with van der Waals surface area (Å²) < 4.78 is 0. The van der Waals surface area contributed by atoms with E-state index in [2.05, 4.69) is 0 Å². The Labute approximate surface area is 60.0 Å². The molecule has 0 saturated heterocycles. The van der Waals surface area contributed by atoms with Crippen molar-refractivity contribution in [3.63, 3.8) is 0 Å². The second-order valence-electron chi connectivity index (χ2n) is 1.91. The number of aliphatic carboxylic acids is 1. The van der Waals surface area contributed by atoms with Crippen molar-refractivity contribution in [2.45, 2.75) is 20.8 Å². The molecule has 1 unspecified atom stereocenters. The smallest absolute Gasteiger partial charge is 0.306 e. The zero-order valence-corrected chi connectivity index (χ0v) is 5.13. The van der Waals surface area contributed by atoms with Gasteiger partial charge in [-0.1, -0.05) is 14.4 Å². The third-order valence-electron chi connectivity index (χ3n) is 0.929.